The van der Waals surface area contributed by atoms with Gasteiger partial charge in [0.15, 0.2) is 0 Å². The van der Waals surface area contributed by atoms with E-state index >= 15 is 0 Å². The zero-order valence-corrected chi connectivity index (χ0v) is 19.1. The topological polar surface area (TPSA) is 124 Å². The Morgan fingerprint density at radius 3 is 1.60 bits per heavy atom. The zero-order chi connectivity index (χ0) is 22.5. The van der Waals surface area contributed by atoms with Crippen LogP contribution in [0, 0.1) is 0 Å². The van der Waals surface area contributed by atoms with E-state index in [2.05, 4.69) is 15.6 Å². The molecule has 2 N–H and O–H groups in total. The maximum absolute atomic E-state index is 12.5. The Bertz CT molecular complexity index is 689. The van der Waals surface area contributed by atoms with Gasteiger partial charge in [-0.2, -0.15) is 23.5 Å². The number of pyridine rings is 1. The van der Waals surface area contributed by atoms with Gasteiger partial charge in [0.25, 0.3) is 11.8 Å². The van der Waals surface area contributed by atoms with Crippen LogP contribution in [0.5, 0.6) is 0 Å². The number of methoxy groups -OCH3 is 2. The molecule has 2 amide bonds. The standard InChI is InChI=1S/C19H27N3O6S2/c1-27-18(25)14(8-10-29-3)21-16(23)12-6-5-7-13(20-12)17(24)22-15(9-11-30-4)19(26)28-2/h5-7,14-15H,8-11H2,1-4H3,(H,21,23)(H,22,24). The number of ether oxygens (including phenoxy) is 2. The largest absolute Gasteiger partial charge is 0.467 e. The second-order valence-electron chi connectivity index (χ2n) is 6.07. The molecular formula is C19H27N3O6S2. The fraction of sp³-hybridized carbons (Fsp3) is 0.526. The predicted molar refractivity (Wildman–Crippen MR) is 117 cm³/mol. The molecular weight excluding hydrogens is 430 g/mol. The van der Waals surface area contributed by atoms with Crippen LogP contribution >= 0.6 is 23.5 Å². The number of nitrogens with one attached hydrogen (secondary N) is 2. The third-order valence-electron chi connectivity index (χ3n) is 4.02. The van der Waals surface area contributed by atoms with Gasteiger partial charge in [-0.1, -0.05) is 6.07 Å². The number of hydrogen-bond acceptors (Lipinski definition) is 9. The highest BCUT2D eigenvalue weighted by Crippen LogP contribution is 2.07. The Kier molecular flexibility index (Phi) is 11.9. The van der Waals surface area contributed by atoms with Crippen molar-refractivity contribution in [3.8, 4) is 0 Å². The number of hydrogen-bond donors (Lipinski definition) is 2. The summed E-state index contributed by atoms with van der Waals surface area (Å²) in [4.78, 5) is 52.9. The molecule has 0 radical (unpaired) electrons. The normalized spacial score (nSPS) is 12.4. The van der Waals surface area contributed by atoms with Gasteiger partial charge in [-0.3, -0.25) is 9.59 Å². The van der Waals surface area contributed by atoms with Crippen molar-refractivity contribution >= 4 is 47.3 Å². The summed E-state index contributed by atoms with van der Waals surface area (Å²) in [6.45, 7) is 0. The van der Waals surface area contributed by atoms with E-state index in [0.29, 0.717) is 24.3 Å². The number of thioether (sulfide) groups is 2. The maximum Gasteiger partial charge on any atom is 0.328 e. The van der Waals surface area contributed by atoms with Gasteiger partial charge in [-0.05, 0) is 49.0 Å². The zero-order valence-electron chi connectivity index (χ0n) is 17.4. The highest BCUT2D eigenvalue weighted by molar-refractivity contribution is 7.98. The van der Waals surface area contributed by atoms with Crippen LogP contribution in [0.2, 0.25) is 0 Å². The molecule has 1 rings (SSSR count). The Balaban J connectivity index is 2.91. The maximum atomic E-state index is 12.5. The van der Waals surface area contributed by atoms with Crippen LogP contribution in [0.15, 0.2) is 18.2 Å². The lowest BCUT2D eigenvalue weighted by molar-refractivity contribution is -0.143. The van der Waals surface area contributed by atoms with Gasteiger partial charge in [-0.15, -0.1) is 0 Å². The molecule has 0 saturated carbocycles. The molecule has 0 spiro atoms. The predicted octanol–water partition coefficient (Wildman–Crippen LogP) is 1.13. The summed E-state index contributed by atoms with van der Waals surface area (Å²) >= 11 is 3.07. The molecule has 166 valence electrons. The fourth-order valence-electron chi connectivity index (χ4n) is 2.41. The Morgan fingerprint density at radius 1 is 0.867 bits per heavy atom. The van der Waals surface area contributed by atoms with E-state index in [-0.39, 0.29) is 11.4 Å². The summed E-state index contributed by atoms with van der Waals surface area (Å²) < 4.78 is 9.45. The minimum atomic E-state index is -0.815. The molecule has 9 nitrogen and oxygen atoms in total. The number of rotatable bonds is 12. The summed E-state index contributed by atoms with van der Waals surface area (Å²) in [5, 5.41) is 5.17. The first-order chi connectivity index (χ1) is 14.4. The average Bonchev–Trinajstić information content (AvgIpc) is 2.77. The Morgan fingerprint density at radius 2 is 1.27 bits per heavy atom. The van der Waals surface area contributed by atoms with Crippen LogP contribution < -0.4 is 10.6 Å². The molecule has 2 atom stereocenters. The second kappa shape index (κ2) is 13.9. The molecule has 0 aromatic carbocycles. The summed E-state index contributed by atoms with van der Waals surface area (Å²) in [5.74, 6) is -1.01. The fourth-order valence-corrected chi connectivity index (χ4v) is 3.35. The number of carbonyl (C=O) groups is 4. The van der Waals surface area contributed by atoms with Crippen molar-refractivity contribution in [3.63, 3.8) is 0 Å². The third-order valence-corrected chi connectivity index (χ3v) is 5.31. The van der Waals surface area contributed by atoms with Crippen molar-refractivity contribution in [3.05, 3.63) is 29.6 Å². The molecule has 2 unspecified atom stereocenters. The molecule has 30 heavy (non-hydrogen) atoms. The molecule has 1 aromatic heterocycles. The van der Waals surface area contributed by atoms with E-state index in [1.165, 1.54) is 55.9 Å². The van der Waals surface area contributed by atoms with Crippen molar-refractivity contribution < 1.29 is 28.7 Å². The van der Waals surface area contributed by atoms with Crippen molar-refractivity contribution in [2.45, 2.75) is 24.9 Å². The van der Waals surface area contributed by atoms with Gasteiger partial charge in [0.2, 0.25) is 0 Å². The lowest BCUT2D eigenvalue weighted by Gasteiger charge is -2.17. The molecule has 0 aliphatic heterocycles. The smallest absolute Gasteiger partial charge is 0.328 e. The van der Waals surface area contributed by atoms with Gasteiger partial charge < -0.3 is 20.1 Å². The van der Waals surface area contributed by atoms with Crippen LogP contribution in [0.1, 0.15) is 33.8 Å². The minimum Gasteiger partial charge on any atom is -0.467 e. The van der Waals surface area contributed by atoms with E-state index in [0.717, 1.165) is 0 Å². The lowest BCUT2D eigenvalue weighted by atomic mass is 10.2. The second-order valence-corrected chi connectivity index (χ2v) is 8.04. The van der Waals surface area contributed by atoms with Crippen molar-refractivity contribution in [1.82, 2.24) is 15.6 Å². The quantitative estimate of drug-likeness (QED) is 0.445. The molecule has 11 heteroatoms. The van der Waals surface area contributed by atoms with Crippen LogP contribution in [0.3, 0.4) is 0 Å². The lowest BCUT2D eigenvalue weighted by Crippen LogP contribution is -2.43. The Hall–Kier alpha value is -2.27. The molecule has 1 aromatic rings. The summed E-state index contributed by atoms with van der Waals surface area (Å²) in [6.07, 6.45) is 4.58. The molecule has 1 heterocycles. The van der Waals surface area contributed by atoms with Crippen molar-refractivity contribution in [2.24, 2.45) is 0 Å². The summed E-state index contributed by atoms with van der Waals surface area (Å²) in [5.41, 5.74) is -0.0566. The van der Waals surface area contributed by atoms with Gasteiger partial charge >= 0.3 is 11.9 Å². The van der Waals surface area contributed by atoms with Crippen LogP contribution in [0.25, 0.3) is 0 Å². The number of aromatic nitrogens is 1. The van der Waals surface area contributed by atoms with Crippen LogP contribution in [-0.4, -0.2) is 79.1 Å². The molecule has 0 saturated heterocycles. The molecule has 0 bridgehead atoms. The monoisotopic (exact) mass is 457 g/mol. The average molecular weight is 458 g/mol. The molecule has 0 aliphatic rings. The van der Waals surface area contributed by atoms with E-state index < -0.39 is 35.8 Å². The first-order valence-corrected chi connectivity index (χ1v) is 11.9. The van der Waals surface area contributed by atoms with Crippen LogP contribution in [-0.2, 0) is 19.1 Å². The molecule has 0 fully saturated rings. The summed E-state index contributed by atoms with van der Waals surface area (Å²) in [6, 6.07) is 2.73. The minimum absolute atomic E-state index is 0.0283. The van der Waals surface area contributed by atoms with Crippen molar-refractivity contribution in [2.75, 3.05) is 38.2 Å². The number of carbonyl (C=O) groups excluding carboxylic acids is 4. The van der Waals surface area contributed by atoms with E-state index in [4.69, 9.17) is 9.47 Å². The van der Waals surface area contributed by atoms with Crippen LogP contribution in [0.4, 0.5) is 0 Å². The number of nitrogens with zero attached hydrogens (tertiary/aromatic N) is 1. The van der Waals surface area contributed by atoms with E-state index in [9.17, 15) is 19.2 Å². The molecule has 0 aliphatic carbocycles. The van der Waals surface area contributed by atoms with E-state index in [1.54, 1.807) is 0 Å². The highest BCUT2D eigenvalue weighted by atomic mass is 32.2. The third kappa shape index (κ3) is 8.23. The summed E-state index contributed by atoms with van der Waals surface area (Å²) in [7, 11) is 2.50. The first-order valence-electron chi connectivity index (χ1n) is 9.10. The van der Waals surface area contributed by atoms with Crippen molar-refractivity contribution in [1.29, 1.82) is 0 Å². The van der Waals surface area contributed by atoms with Gasteiger partial charge in [0.1, 0.15) is 23.5 Å². The van der Waals surface area contributed by atoms with E-state index in [1.807, 2.05) is 12.5 Å². The SMILES string of the molecule is COC(=O)C(CCSC)NC(=O)c1cccc(C(=O)NC(CCSC)C(=O)OC)n1. The highest BCUT2D eigenvalue weighted by Gasteiger charge is 2.25. The Labute approximate surface area is 184 Å². The van der Waals surface area contributed by atoms with Gasteiger partial charge in [0, 0.05) is 0 Å². The van der Waals surface area contributed by atoms with Gasteiger partial charge in [0.05, 0.1) is 14.2 Å². The first kappa shape index (κ1) is 25.8. The number of amides is 2. The van der Waals surface area contributed by atoms with Gasteiger partial charge in [-0.25, -0.2) is 14.6 Å². The number of esters is 2.